The maximum absolute atomic E-state index is 12.6. The van der Waals surface area contributed by atoms with Crippen molar-refractivity contribution in [2.75, 3.05) is 26.7 Å². The molecular formula is C14H24N4O2S. The average Bonchev–Trinajstić information content (AvgIpc) is 2.82. The third-order valence-corrected chi connectivity index (χ3v) is 6.17. The van der Waals surface area contributed by atoms with Crippen LogP contribution in [0.4, 0.5) is 0 Å². The summed E-state index contributed by atoms with van der Waals surface area (Å²) in [7, 11) is 0.301. The highest BCUT2D eigenvalue weighted by Gasteiger charge is 2.36. The molecule has 3 aliphatic rings. The van der Waals surface area contributed by atoms with E-state index < -0.39 is 10.0 Å². The lowest BCUT2D eigenvalue weighted by Crippen LogP contribution is -2.57. The van der Waals surface area contributed by atoms with Gasteiger partial charge in [-0.1, -0.05) is 0 Å². The molecule has 0 radical (unpaired) electrons. The monoisotopic (exact) mass is 312 g/mol. The zero-order valence-corrected chi connectivity index (χ0v) is 13.5. The number of rotatable bonds is 5. The number of nitrogens with one attached hydrogen (secondary N) is 2. The van der Waals surface area contributed by atoms with Gasteiger partial charge in [0.2, 0.25) is 10.0 Å². The number of hydrogen-bond donors (Lipinski definition) is 2. The fourth-order valence-electron chi connectivity index (χ4n) is 3.45. The van der Waals surface area contributed by atoms with E-state index in [0.29, 0.717) is 17.4 Å². The zero-order valence-electron chi connectivity index (χ0n) is 12.7. The maximum Gasteiger partial charge on any atom is 0.242 e. The molecule has 4 rings (SSSR count). The summed E-state index contributed by atoms with van der Waals surface area (Å²) in [5.74, 6) is 0.491. The van der Waals surface area contributed by atoms with Crippen molar-refractivity contribution in [3.8, 4) is 0 Å². The Balaban J connectivity index is 1.76. The second-order valence-electron chi connectivity index (χ2n) is 6.17. The number of hydrogen-bond acceptors (Lipinski definition) is 4. The van der Waals surface area contributed by atoms with Crippen molar-refractivity contribution in [2.24, 2.45) is 13.0 Å². The molecule has 1 unspecified atom stereocenters. The summed E-state index contributed by atoms with van der Waals surface area (Å²) in [6.45, 7) is 3.73. The van der Waals surface area contributed by atoms with Crippen LogP contribution in [-0.2, 0) is 23.6 Å². The molecule has 2 N–H and O–H groups in total. The second kappa shape index (κ2) is 5.72. The summed E-state index contributed by atoms with van der Waals surface area (Å²) in [4.78, 5) is 2.72. The molecule has 7 heteroatoms. The Kier molecular flexibility index (Phi) is 4.09. The highest BCUT2D eigenvalue weighted by Crippen LogP contribution is 2.28. The molecule has 2 bridgehead atoms. The van der Waals surface area contributed by atoms with E-state index in [1.807, 2.05) is 18.7 Å². The van der Waals surface area contributed by atoms with Gasteiger partial charge in [0.25, 0.3) is 0 Å². The maximum atomic E-state index is 12.6. The quantitative estimate of drug-likeness (QED) is 0.810. The van der Waals surface area contributed by atoms with Crippen molar-refractivity contribution >= 4 is 10.0 Å². The first kappa shape index (κ1) is 15.0. The fourth-order valence-corrected chi connectivity index (χ4v) is 4.84. The lowest BCUT2D eigenvalue weighted by atomic mass is 9.85. The van der Waals surface area contributed by atoms with Crippen LogP contribution in [0.5, 0.6) is 0 Å². The van der Waals surface area contributed by atoms with Crippen LogP contribution in [0.25, 0.3) is 0 Å². The first-order valence-corrected chi connectivity index (χ1v) is 9.02. The third-order valence-electron chi connectivity index (χ3n) is 4.71. The molecule has 3 aliphatic heterocycles. The van der Waals surface area contributed by atoms with E-state index in [2.05, 4.69) is 14.9 Å². The predicted molar refractivity (Wildman–Crippen MR) is 81.5 cm³/mol. The number of aryl methyl sites for hydroxylation is 1. The molecule has 1 aromatic rings. The molecule has 3 fully saturated rings. The van der Waals surface area contributed by atoms with Crippen molar-refractivity contribution in [3.63, 3.8) is 0 Å². The van der Waals surface area contributed by atoms with Crippen molar-refractivity contribution in [1.29, 1.82) is 0 Å². The minimum atomic E-state index is -3.43. The van der Waals surface area contributed by atoms with Crippen molar-refractivity contribution in [2.45, 2.75) is 30.3 Å². The van der Waals surface area contributed by atoms with Crippen LogP contribution in [0.3, 0.4) is 0 Å². The zero-order chi connectivity index (χ0) is 15.0. The molecule has 6 nitrogen and oxygen atoms in total. The van der Waals surface area contributed by atoms with E-state index in [9.17, 15) is 8.42 Å². The Bertz CT molecular complexity index is 602. The Morgan fingerprint density at radius 2 is 2.05 bits per heavy atom. The Hall–Kier alpha value is -0.890. The van der Waals surface area contributed by atoms with E-state index >= 15 is 0 Å². The second-order valence-corrected chi connectivity index (χ2v) is 7.89. The molecule has 118 valence electrons. The highest BCUT2D eigenvalue weighted by molar-refractivity contribution is 7.89. The summed E-state index contributed by atoms with van der Waals surface area (Å²) in [5, 5.41) is 3.05. The minimum Gasteiger partial charge on any atom is -0.352 e. The van der Waals surface area contributed by atoms with E-state index in [4.69, 9.17) is 0 Å². The first-order valence-electron chi connectivity index (χ1n) is 7.54. The van der Waals surface area contributed by atoms with Gasteiger partial charge in [0.05, 0.1) is 4.90 Å². The van der Waals surface area contributed by atoms with Gasteiger partial charge in [-0.05, 0) is 45.0 Å². The molecule has 0 amide bonds. The van der Waals surface area contributed by atoms with Gasteiger partial charge in [-0.15, -0.1) is 0 Å². The molecule has 3 saturated heterocycles. The Morgan fingerprint density at radius 3 is 2.62 bits per heavy atom. The van der Waals surface area contributed by atoms with Crippen LogP contribution in [-0.4, -0.2) is 50.6 Å². The molecular weight excluding hydrogens is 288 g/mol. The van der Waals surface area contributed by atoms with Gasteiger partial charge in [0, 0.05) is 38.1 Å². The summed E-state index contributed by atoms with van der Waals surface area (Å²) in [6.07, 6.45) is 3.90. The van der Waals surface area contributed by atoms with Gasteiger partial charge in [0.15, 0.2) is 0 Å². The number of sulfonamides is 1. The SMILES string of the molecule is CNCc1cc(S(=O)(=O)NC2CN3CCC2CC3)cn1C. The van der Waals surface area contributed by atoms with Gasteiger partial charge in [-0.3, -0.25) is 0 Å². The van der Waals surface area contributed by atoms with E-state index in [-0.39, 0.29) is 6.04 Å². The average molecular weight is 312 g/mol. The third kappa shape index (κ3) is 3.01. The number of piperidine rings is 3. The van der Waals surface area contributed by atoms with Crippen molar-refractivity contribution in [1.82, 2.24) is 19.5 Å². The lowest BCUT2D eigenvalue weighted by Gasteiger charge is -2.44. The topological polar surface area (TPSA) is 66.4 Å². The van der Waals surface area contributed by atoms with E-state index in [1.54, 1.807) is 12.3 Å². The fraction of sp³-hybridized carbons (Fsp3) is 0.714. The molecule has 0 aromatic carbocycles. The van der Waals surface area contributed by atoms with Crippen LogP contribution >= 0.6 is 0 Å². The largest absolute Gasteiger partial charge is 0.352 e. The van der Waals surface area contributed by atoms with E-state index in [0.717, 1.165) is 38.2 Å². The van der Waals surface area contributed by atoms with Crippen molar-refractivity contribution in [3.05, 3.63) is 18.0 Å². The summed E-state index contributed by atoms with van der Waals surface area (Å²) in [5.41, 5.74) is 0.965. The number of aromatic nitrogens is 1. The lowest BCUT2D eigenvalue weighted by molar-refractivity contribution is 0.0827. The van der Waals surface area contributed by atoms with Crippen LogP contribution in [0.2, 0.25) is 0 Å². The summed E-state index contributed by atoms with van der Waals surface area (Å²) < 4.78 is 30.0. The highest BCUT2D eigenvalue weighted by atomic mass is 32.2. The number of fused-ring (bicyclic) bond motifs is 3. The molecule has 1 atom stereocenters. The summed E-state index contributed by atoms with van der Waals surface area (Å²) >= 11 is 0. The first-order chi connectivity index (χ1) is 9.99. The minimum absolute atomic E-state index is 0.0606. The van der Waals surface area contributed by atoms with Gasteiger partial charge >= 0.3 is 0 Å². The standard InChI is InChI=1S/C14H24N4O2S/c1-15-8-12-7-13(9-17(12)2)21(19,20)16-14-10-18-5-3-11(14)4-6-18/h7,9,11,14-16H,3-6,8,10H2,1-2H3. The molecule has 4 heterocycles. The van der Waals surface area contributed by atoms with Gasteiger partial charge in [0.1, 0.15) is 0 Å². The van der Waals surface area contributed by atoms with Gasteiger partial charge in [-0.2, -0.15) is 0 Å². The molecule has 1 aromatic heterocycles. The van der Waals surface area contributed by atoms with Crippen molar-refractivity contribution < 1.29 is 8.42 Å². The van der Waals surface area contributed by atoms with Crippen LogP contribution < -0.4 is 10.0 Å². The Morgan fingerprint density at radius 1 is 1.33 bits per heavy atom. The molecule has 21 heavy (non-hydrogen) atoms. The van der Waals surface area contributed by atoms with Gasteiger partial charge in [-0.25, -0.2) is 13.1 Å². The Labute approximate surface area is 126 Å². The summed E-state index contributed by atoms with van der Waals surface area (Å²) in [6, 6.07) is 1.81. The molecule has 0 aliphatic carbocycles. The predicted octanol–water partition coefficient (Wildman–Crippen LogP) is 0.117. The van der Waals surface area contributed by atoms with Crippen LogP contribution in [0, 0.1) is 5.92 Å². The normalized spacial score (nSPS) is 29.0. The number of nitrogens with zero attached hydrogens (tertiary/aromatic N) is 2. The molecule has 0 saturated carbocycles. The van der Waals surface area contributed by atoms with E-state index in [1.165, 1.54) is 0 Å². The van der Waals surface area contributed by atoms with Gasteiger partial charge < -0.3 is 14.8 Å². The smallest absolute Gasteiger partial charge is 0.242 e. The molecule has 0 spiro atoms. The van der Waals surface area contributed by atoms with Crippen LogP contribution in [0.15, 0.2) is 17.2 Å². The van der Waals surface area contributed by atoms with Crippen LogP contribution in [0.1, 0.15) is 18.5 Å².